The van der Waals surface area contributed by atoms with Crippen LogP contribution < -0.4 is 10.6 Å². The van der Waals surface area contributed by atoms with E-state index in [2.05, 4.69) is 16.7 Å². The molecule has 0 fully saturated rings. The Balaban J connectivity index is 2.22. The number of hydrogen-bond donors (Lipinski definition) is 2. The number of benzene rings is 1. The average molecular weight is 414 g/mol. The van der Waals surface area contributed by atoms with E-state index >= 15 is 0 Å². The standard InChI is InChI=1S/C22H27FN4O3/c1-6-30-21(29)22(4,5)25-12-19(28)26-20-18(11-24)14(2)15(3)27(20)13-16-7-9-17(23)10-8-16/h7-10,25H,6,12-13H2,1-5H3,(H,26,28). The number of nitriles is 1. The molecule has 0 aliphatic carbocycles. The third kappa shape index (κ3) is 5.24. The first-order valence-corrected chi connectivity index (χ1v) is 9.67. The van der Waals surface area contributed by atoms with Crippen molar-refractivity contribution in [3.8, 4) is 6.07 Å². The first kappa shape index (κ1) is 23.1. The summed E-state index contributed by atoms with van der Waals surface area (Å²) < 4.78 is 20.0. The van der Waals surface area contributed by atoms with Crippen LogP contribution in [0.3, 0.4) is 0 Å². The molecule has 1 aromatic heterocycles. The fourth-order valence-electron chi connectivity index (χ4n) is 2.96. The molecule has 7 nitrogen and oxygen atoms in total. The van der Waals surface area contributed by atoms with Crippen LogP contribution in [0.15, 0.2) is 24.3 Å². The van der Waals surface area contributed by atoms with E-state index in [1.54, 1.807) is 32.9 Å². The van der Waals surface area contributed by atoms with Gasteiger partial charge >= 0.3 is 5.97 Å². The van der Waals surface area contributed by atoms with Gasteiger partial charge < -0.3 is 14.6 Å². The highest BCUT2D eigenvalue weighted by molar-refractivity contribution is 5.94. The number of anilines is 1. The zero-order valence-corrected chi connectivity index (χ0v) is 17.9. The van der Waals surface area contributed by atoms with Crippen LogP contribution in [0.4, 0.5) is 10.2 Å². The number of nitrogens with zero attached hydrogens (tertiary/aromatic N) is 2. The van der Waals surface area contributed by atoms with Crippen molar-refractivity contribution in [3.63, 3.8) is 0 Å². The number of esters is 1. The topological polar surface area (TPSA) is 96.2 Å². The number of ether oxygens (including phenoxy) is 1. The van der Waals surface area contributed by atoms with Gasteiger partial charge in [-0.15, -0.1) is 0 Å². The van der Waals surface area contributed by atoms with E-state index in [-0.39, 0.29) is 19.0 Å². The highest BCUT2D eigenvalue weighted by atomic mass is 19.1. The molecule has 30 heavy (non-hydrogen) atoms. The number of carbonyl (C=O) groups excluding carboxylic acids is 2. The molecule has 0 spiro atoms. The van der Waals surface area contributed by atoms with Gasteiger partial charge in [0.05, 0.1) is 18.7 Å². The molecule has 0 radical (unpaired) electrons. The van der Waals surface area contributed by atoms with Crippen LogP contribution in [0, 0.1) is 31.0 Å². The van der Waals surface area contributed by atoms with Gasteiger partial charge in [0, 0.05) is 12.2 Å². The van der Waals surface area contributed by atoms with Gasteiger partial charge in [-0.3, -0.25) is 14.9 Å². The Hall–Kier alpha value is -3.18. The van der Waals surface area contributed by atoms with E-state index < -0.39 is 17.4 Å². The summed E-state index contributed by atoms with van der Waals surface area (Å²) in [6, 6.07) is 8.19. The summed E-state index contributed by atoms with van der Waals surface area (Å²) in [5.74, 6) is -0.818. The van der Waals surface area contributed by atoms with Crippen molar-refractivity contribution in [2.24, 2.45) is 0 Å². The van der Waals surface area contributed by atoms with Gasteiger partial charge in [-0.2, -0.15) is 5.26 Å². The van der Waals surface area contributed by atoms with Gasteiger partial charge in [-0.25, -0.2) is 4.39 Å². The monoisotopic (exact) mass is 414 g/mol. The van der Waals surface area contributed by atoms with Crippen molar-refractivity contribution < 1.29 is 18.7 Å². The quantitative estimate of drug-likeness (QED) is 0.648. The number of nitrogens with one attached hydrogen (secondary N) is 2. The minimum Gasteiger partial charge on any atom is -0.465 e. The Labute approximate surface area is 175 Å². The molecule has 2 aromatic rings. The van der Waals surface area contributed by atoms with Crippen LogP contribution >= 0.6 is 0 Å². The lowest BCUT2D eigenvalue weighted by atomic mass is 10.1. The molecule has 1 heterocycles. The minimum absolute atomic E-state index is 0.142. The summed E-state index contributed by atoms with van der Waals surface area (Å²) in [6.45, 7) is 9.11. The maximum Gasteiger partial charge on any atom is 0.325 e. The van der Waals surface area contributed by atoms with Crippen LogP contribution in [0.25, 0.3) is 0 Å². The van der Waals surface area contributed by atoms with E-state index in [0.29, 0.717) is 17.9 Å². The zero-order valence-electron chi connectivity index (χ0n) is 17.9. The SMILES string of the molecule is CCOC(=O)C(C)(C)NCC(=O)Nc1c(C#N)c(C)c(C)n1Cc1ccc(F)cc1. The Morgan fingerprint density at radius 2 is 1.87 bits per heavy atom. The molecule has 0 atom stereocenters. The number of halogens is 1. The molecule has 1 amide bonds. The highest BCUT2D eigenvalue weighted by Crippen LogP contribution is 2.27. The zero-order chi connectivity index (χ0) is 22.5. The molecule has 0 saturated carbocycles. The molecule has 0 aliphatic rings. The molecular weight excluding hydrogens is 387 g/mol. The Morgan fingerprint density at radius 3 is 2.43 bits per heavy atom. The number of carbonyl (C=O) groups is 2. The average Bonchev–Trinajstić information content (AvgIpc) is 2.92. The van der Waals surface area contributed by atoms with E-state index in [1.807, 2.05) is 18.4 Å². The van der Waals surface area contributed by atoms with E-state index in [4.69, 9.17) is 4.74 Å². The second kappa shape index (κ2) is 9.55. The van der Waals surface area contributed by atoms with Crippen LogP contribution in [-0.4, -0.2) is 35.1 Å². The summed E-state index contributed by atoms with van der Waals surface area (Å²) in [5, 5.41) is 15.3. The Bertz CT molecular complexity index is 972. The van der Waals surface area contributed by atoms with Gasteiger partial charge in [-0.05, 0) is 57.9 Å². The molecule has 0 bridgehead atoms. The summed E-state index contributed by atoms with van der Waals surface area (Å²) >= 11 is 0. The molecule has 8 heteroatoms. The lowest BCUT2D eigenvalue weighted by Crippen LogP contribution is -2.50. The smallest absolute Gasteiger partial charge is 0.325 e. The maximum absolute atomic E-state index is 13.2. The first-order chi connectivity index (χ1) is 14.1. The maximum atomic E-state index is 13.2. The third-order valence-corrected chi connectivity index (χ3v) is 4.93. The van der Waals surface area contributed by atoms with Gasteiger partial charge in [0.25, 0.3) is 0 Å². The van der Waals surface area contributed by atoms with Crippen LogP contribution in [-0.2, 0) is 20.9 Å². The Morgan fingerprint density at radius 1 is 1.23 bits per heavy atom. The predicted molar refractivity (Wildman–Crippen MR) is 111 cm³/mol. The molecule has 2 N–H and O–H groups in total. The molecule has 0 unspecified atom stereocenters. The molecule has 0 aliphatic heterocycles. The highest BCUT2D eigenvalue weighted by Gasteiger charge is 2.29. The lowest BCUT2D eigenvalue weighted by Gasteiger charge is -2.23. The van der Waals surface area contributed by atoms with E-state index in [1.165, 1.54) is 12.1 Å². The number of amides is 1. The molecule has 160 valence electrons. The van der Waals surface area contributed by atoms with Crippen molar-refractivity contribution in [1.29, 1.82) is 5.26 Å². The summed E-state index contributed by atoms with van der Waals surface area (Å²) in [6.07, 6.45) is 0. The largest absolute Gasteiger partial charge is 0.465 e. The van der Waals surface area contributed by atoms with Crippen molar-refractivity contribution in [1.82, 2.24) is 9.88 Å². The minimum atomic E-state index is -1.03. The lowest BCUT2D eigenvalue weighted by molar-refractivity contribution is -0.149. The molecule has 0 saturated heterocycles. The normalized spacial score (nSPS) is 11.1. The summed E-state index contributed by atoms with van der Waals surface area (Å²) in [5.41, 5.74) is 1.75. The molecular formula is C22H27FN4O3. The van der Waals surface area contributed by atoms with Gasteiger partial charge in [0.15, 0.2) is 0 Å². The fourth-order valence-corrected chi connectivity index (χ4v) is 2.96. The predicted octanol–water partition coefficient (Wildman–Crippen LogP) is 3.03. The summed E-state index contributed by atoms with van der Waals surface area (Å²) in [7, 11) is 0. The second-order valence-corrected chi connectivity index (χ2v) is 7.51. The number of hydrogen-bond acceptors (Lipinski definition) is 5. The van der Waals surface area contributed by atoms with Gasteiger partial charge in [-0.1, -0.05) is 12.1 Å². The van der Waals surface area contributed by atoms with E-state index in [9.17, 15) is 19.2 Å². The fraction of sp³-hybridized carbons (Fsp3) is 0.409. The third-order valence-electron chi connectivity index (χ3n) is 4.93. The van der Waals surface area contributed by atoms with Gasteiger partial charge in [0.1, 0.15) is 23.2 Å². The number of aromatic nitrogens is 1. The first-order valence-electron chi connectivity index (χ1n) is 9.67. The van der Waals surface area contributed by atoms with Crippen molar-refractivity contribution in [2.45, 2.75) is 46.7 Å². The van der Waals surface area contributed by atoms with Crippen LogP contribution in [0.5, 0.6) is 0 Å². The summed E-state index contributed by atoms with van der Waals surface area (Å²) in [4.78, 5) is 24.6. The number of rotatable bonds is 8. The van der Waals surface area contributed by atoms with E-state index in [0.717, 1.165) is 16.8 Å². The second-order valence-electron chi connectivity index (χ2n) is 7.51. The van der Waals surface area contributed by atoms with Crippen LogP contribution in [0.1, 0.15) is 43.2 Å². The molecule has 1 aromatic carbocycles. The molecule has 2 rings (SSSR count). The van der Waals surface area contributed by atoms with Gasteiger partial charge in [0.2, 0.25) is 5.91 Å². The Kier molecular flexibility index (Phi) is 7.35. The van der Waals surface area contributed by atoms with Crippen LogP contribution in [0.2, 0.25) is 0 Å². The van der Waals surface area contributed by atoms with Crippen molar-refractivity contribution in [2.75, 3.05) is 18.5 Å². The van der Waals surface area contributed by atoms with Crippen molar-refractivity contribution in [3.05, 3.63) is 52.5 Å². The van der Waals surface area contributed by atoms with Crippen molar-refractivity contribution >= 4 is 17.7 Å².